The maximum Gasteiger partial charge on any atom is 0.0182 e. The minimum absolute atomic E-state index is 0.539. The number of nitrogens with one attached hydrogen (secondary N) is 1. The zero-order chi connectivity index (χ0) is 14.0. The van der Waals surface area contributed by atoms with Crippen LogP contribution in [0.5, 0.6) is 0 Å². The summed E-state index contributed by atoms with van der Waals surface area (Å²) in [4.78, 5) is 6.13. The first-order valence-electron chi connectivity index (χ1n) is 8.53. The number of fused-ring (bicyclic) bond motifs is 1. The lowest BCUT2D eigenvalue weighted by atomic mass is 9.83. The Labute approximate surface area is 123 Å². The summed E-state index contributed by atoms with van der Waals surface area (Å²) < 4.78 is 0. The number of nitrogens with zero attached hydrogens (tertiary/aromatic N) is 1. The van der Waals surface area contributed by atoms with E-state index >= 15 is 0 Å². The Morgan fingerprint density at radius 2 is 2.25 bits per heavy atom. The van der Waals surface area contributed by atoms with Crippen molar-refractivity contribution in [1.29, 1.82) is 0 Å². The zero-order valence-electron chi connectivity index (χ0n) is 13.3. The van der Waals surface area contributed by atoms with Crippen LogP contribution in [0.25, 0.3) is 0 Å². The van der Waals surface area contributed by atoms with Crippen molar-refractivity contribution in [2.45, 2.75) is 64.7 Å². The molecular formula is C18H30N2. The normalized spacial score (nSPS) is 26.4. The van der Waals surface area contributed by atoms with Gasteiger partial charge in [-0.25, -0.2) is 0 Å². The summed E-state index contributed by atoms with van der Waals surface area (Å²) >= 11 is 0. The van der Waals surface area contributed by atoms with Crippen molar-refractivity contribution in [2.24, 2.45) is 5.41 Å². The van der Waals surface area contributed by atoms with Gasteiger partial charge in [-0.15, -0.1) is 0 Å². The summed E-state index contributed by atoms with van der Waals surface area (Å²) in [6.45, 7) is 8.77. The fourth-order valence-electron chi connectivity index (χ4n) is 4.29. The first-order chi connectivity index (χ1) is 9.64. The highest BCUT2D eigenvalue weighted by Gasteiger charge is 2.26. The second-order valence-corrected chi connectivity index (χ2v) is 7.69. The van der Waals surface area contributed by atoms with Crippen LogP contribution in [0.2, 0.25) is 0 Å². The van der Waals surface area contributed by atoms with Crippen LogP contribution in [0.3, 0.4) is 0 Å². The van der Waals surface area contributed by atoms with Gasteiger partial charge in [0, 0.05) is 18.4 Å². The van der Waals surface area contributed by atoms with Gasteiger partial charge >= 0.3 is 0 Å². The summed E-state index contributed by atoms with van der Waals surface area (Å²) in [6.07, 6.45) is 11.7. The Morgan fingerprint density at radius 1 is 1.35 bits per heavy atom. The number of piperidine rings is 1. The second-order valence-electron chi connectivity index (χ2n) is 7.69. The van der Waals surface area contributed by atoms with Crippen molar-refractivity contribution in [2.75, 3.05) is 19.6 Å². The average molecular weight is 274 g/mol. The van der Waals surface area contributed by atoms with Crippen LogP contribution in [0.4, 0.5) is 0 Å². The number of hydrogen-bond acceptors (Lipinski definition) is 1. The fourth-order valence-corrected chi connectivity index (χ4v) is 4.29. The van der Waals surface area contributed by atoms with Crippen LogP contribution in [0, 0.1) is 5.41 Å². The number of hydrogen-bond donors (Lipinski definition) is 1. The summed E-state index contributed by atoms with van der Waals surface area (Å²) in [6, 6.07) is 2.32. The van der Waals surface area contributed by atoms with E-state index in [9.17, 15) is 0 Å². The number of rotatable bonds is 4. The first kappa shape index (κ1) is 14.2. The van der Waals surface area contributed by atoms with Gasteiger partial charge in [-0.05, 0) is 81.0 Å². The molecule has 1 saturated heterocycles. The highest BCUT2D eigenvalue weighted by Crippen LogP contribution is 2.34. The van der Waals surface area contributed by atoms with Crippen molar-refractivity contribution in [3.63, 3.8) is 0 Å². The van der Waals surface area contributed by atoms with Gasteiger partial charge in [0.1, 0.15) is 0 Å². The van der Waals surface area contributed by atoms with Gasteiger partial charge in [-0.2, -0.15) is 0 Å². The molecule has 1 atom stereocenters. The van der Waals surface area contributed by atoms with Crippen molar-refractivity contribution < 1.29 is 0 Å². The molecule has 1 aromatic heterocycles. The molecular weight excluding hydrogens is 244 g/mol. The van der Waals surface area contributed by atoms with Crippen LogP contribution in [0.1, 0.15) is 69.5 Å². The van der Waals surface area contributed by atoms with E-state index in [0.29, 0.717) is 5.41 Å². The molecule has 112 valence electrons. The predicted octanol–water partition coefficient (Wildman–Crippen LogP) is 4.34. The Morgan fingerprint density at radius 3 is 3.10 bits per heavy atom. The van der Waals surface area contributed by atoms with Gasteiger partial charge in [0.2, 0.25) is 0 Å². The molecule has 1 aliphatic heterocycles. The van der Waals surface area contributed by atoms with Gasteiger partial charge in [0.25, 0.3) is 0 Å². The molecule has 3 rings (SSSR count). The SMILES string of the molecule is CC1(C)CCCN(CCCC2CCCc3[nH]ccc32)C1. The Bertz CT molecular complexity index is 432. The zero-order valence-corrected chi connectivity index (χ0v) is 13.3. The Hall–Kier alpha value is -0.760. The van der Waals surface area contributed by atoms with E-state index < -0.39 is 0 Å². The molecule has 0 saturated carbocycles. The van der Waals surface area contributed by atoms with Crippen LogP contribution >= 0.6 is 0 Å². The molecule has 0 bridgehead atoms. The lowest BCUT2D eigenvalue weighted by Crippen LogP contribution is -2.40. The smallest absolute Gasteiger partial charge is 0.0182 e. The molecule has 2 aliphatic rings. The van der Waals surface area contributed by atoms with E-state index in [-0.39, 0.29) is 0 Å². The number of aromatic nitrogens is 1. The maximum absolute atomic E-state index is 3.43. The third-order valence-electron chi connectivity index (χ3n) is 5.29. The summed E-state index contributed by atoms with van der Waals surface area (Å²) in [5, 5.41) is 0. The lowest BCUT2D eigenvalue weighted by molar-refractivity contribution is 0.115. The molecule has 2 heteroatoms. The molecule has 0 radical (unpaired) electrons. The van der Waals surface area contributed by atoms with Gasteiger partial charge in [-0.3, -0.25) is 0 Å². The number of H-pyrrole nitrogens is 1. The van der Waals surface area contributed by atoms with E-state index in [1.54, 1.807) is 5.56 Å². The first-order valence-corrected chi connectivity index (χ1v) is 8.53. The lowest BCUT2D eigenvalue weighted by Gasteiger charge is -2.38. The molecule has 0 spiro atoms. The monoisotopic (exact) mass is 274 g/mol. The van der Waals surface area contributed by atoms with Crippen LogP contribution in [0.15, 0.2) is 12.3 Å². The van der Waals surface area contributed by atoms with Gasteiger partial charge in [-0.1, -0.05) is 13.8 Å². The van der Waals surface area contributed by atoms with Crippen LogP contribution in [-0.4, -0.2) is 29.5 Å². The fraction of sp³-hybridized carbons (Fsp3) is 0.778. The number of aromatic amines is 1. The van der Waals surface area contributed by atoms with E-state index in [1.165, 1.54) is 70.3 Å². The molecule has 2 nitrogen and oxygen atoms in total. The van der Waals surface area contributed by atoms with Crippen molar-refractivity contribution in [3.8, 4) is 0 Å². The summed E-state index contributed by atoms with van der Waals surface area (Å²) in [5.74, 6) is 0.822. The average Bonchev–Trinajstić information content (AvgIpc) is 2.87. The molecule has 0 aromatic carbocycles. The number of likely N-dealkylation sites (tertiary alicyclic amines) is 1. The second kappa shape index (κ2) is 5.93. The van der Waals surface area contributed by atoms with E-state index in [1.807, 2.05) is 0 Å². The van der Waals surface area contributed by atoms with Gasteiger partial charge in [0.15, 0.2) is 0 Å². The van der Waals surface area contributed by atoms with Gasteiger partial charge < -0.3 is 9.88 Å². The topological polar surface area (TPSA) is 19.0 Å². The molecule has 1 N–H and O–H groups in total. The maximum atomic E-state index is 3.43. The highest BCUT2D eigenvalue weighted by molar-refractivity contribution is 5.27. The molecule has 20 heavy (non-hydrogen) atoms. The quantitative estimate of drug-likeness (QED) is 0.865. The molecule has 1 aromatic rings. The minimum atomic E-state index is 0.539. The minimum Gasteiger partial charge on any atom is -0.365 e. The van der Waals surface area contributed by atoms with E-state index in [2.05, 4.69) is 36.0 Å². The molecule has 1 fully saturated rings. The van der Waals surface area contributed by atoms with E-state index in [4.69, 9.17) is 0 Å². The van der Waals surface area contributed by atoms with Crippen molar-refractivity contribution in [3.05, 3.63) is 23.5 Å². The molecule has 2 heterocycles. The summed E-state index contributed by atoms with van der Waals surface area (Å²) in [5.41, 5.74) is 3.67. The number of aryl methyl sites for hydroxylation is 1. The van der Waals surface area contributed by atoms with Crippen LogP contribution < -0.4 is 0 Å². The Kier molecular flexibility index (Phi) is 4.21. The largest absolute Gasteiger partial charge is 0.365 e. The predicted molar refractivity (Wildman–Crippen MR) is 85.2 cm³/mol. The Balaban J connectivity index is 1.47. The summed E-state index contributed by atoms with van der Waals surface area (Å²) in [7, 11) is 0. The molecule has 1 aliphatic carbocycles. The van der Waals surface area contributed by atoms with E-state index in [0.717, 1.165) is 5.92 Å². The third-order valence-corrected chi connectivity index (χ3v) is 5.29. The van der Waals surface area contributed by atoms with Gasteiger partial charge in [0.05, 0.1) is 0 Å². The van der Waals surface area contributed by atoms with Crippen molar-refractivity contribution >= 4 is 0 Å². The van der Waals surface area contributed by atoms with Crippen LogP contribution in [-0.2, 0) is 6.42 Å². The highest BCUT2D eigenvalue weighted by atomic mass is 15.1. The van der Waals surface area contributed by atoms with Crippen molar-refractivity contribution in [1.82, 2.24) is 9.88 Å². The standard InChI is InChI=1S/C18H30N2/c1-18(2)10-5-13-20(14-18)12-4-7-15-6-3-8-17-16(15)9-11-19-17/h9,11,15,19H,3-8,10,12-14H2,1-2H3. The third kappa shape index (κ3) is 3.28. The molecule has 0 amide bonds. The molecule has 1 unspecified atom stereocenters.